The van der Waals surface area contributed by atoms with Crippen LogP contribution in [0.4, 0.5) is 0 Å². The summed E-state index contributed by atoms with van der Waals surface area (Å²) in [5, 5.41) is 8.43. The van der Waals surface area contributed by atoms with Gasteiger partial charge in [-0.15, -0.1) is 0 Å². The molecule has 1 N–H and O–H groups in total. The monoisotopic (exact) mass is 182 g/mol. The van der Waals surface area contributed by atoms with Gasteiger partial charge in [0.25, 0.3) is 0 Å². The number of aliphatic hydroxyl groups excluding tert-OH is 1. The number of hydrogen-bond acceptors (Lipinski definition) is 2. The lowest BCUT2D eigenvalue weighted by Crippen LogP contribution is -2.08. The van der Waals surface area contributed by atoms with E-state index in [4.69, 9.17) is 9.84 Å². The maximum Gasteiger partial charge on any atom is 0.143 e. The Kier molecular flexibility index (Phi) is 3.01. The summed E-state index contributed by atoms with van der Waals surface area (Å²) in [5.41, 5.74) is 0. The van der Waals surface area contributed by atoms with Crippen LogP contribution in [0.2, 0.25) is 0 Å². The number of ether oxygens (including phenoxy) is 1. The Morgan fingerprint density at radius 1 is 1.31 bits per heavy atom. The third kappa shape index (κ3) is 2.12. The van der Waals surface area contributed by atoms with Crippen molar-refractivity contribution in [3.05, 3.63) is 12.2 Å². The van der Waals surface area contributed by atoms with Gasteiger partial charge in [-0.25, -0.2) is 0 Å². The topological polar surface area (TPSA) is 29.5 Å². The largest absolute Gasteiger partial charge is 0.371 e. The van der Waals surface area contributed by atoms with Gasteiger partial charge in [-0.05, 0) is 43.4 Å². The van der Waals surface area contributed by atoms with Crippen LogP contribution in [0.5, 0.6) is 0 Å². The number of fused-ring (bicyclic) bond motifs is 2. The quantitative estimate of drug-likeness (QED) is 0.400. The second kappa shape index (κ2) is 4.25. The lowest BCUT2D eigenvalue weighted by atomic mass is 9.90. The molecule has 0 heterocycles. The van der Waals surface area contributed by atoms with E-state index in [0.717, 1.165) is 24.2 Å². The second-order valence-electron chi connectivity index (χ2n) is 4.22. The Morgan fingerprint density at radius 3 is 2.85 bits per heavy atom. The van der Waals surface area contributed by atoms with Crippen LogP contribution < -0.4 is 0 Å². The number of allylic oxidation sites excluding steroid dienone is 2. The average Bonchev–Trinajstić information content (AvgIpc) is 2.73. The van der Waals surface area contributed by atoms with Crippen molar-refractivity contribution in [2.45, 2.75) is 25.7 Å². The van der Waals surface area contributed by atoms with Gasteiger partial charge in [0.2, 0.25) is 0 Å². The standard InChI is InChI=1S/C11H18O2/c12-8-13-5-1-2-10-6-9-3-4-11(10)7-9/h3-4,9-12H,1-2,5-8H2. The third-order valence-corrected chi connectivity index (χ3v) is 3.37. The van der Waals surface area contributed by atoms with Crippen molar-refractivity contribution in [2.75, 3.05) is 13.4 Å². The highest BCUT2D eigenvalue weighted by Gasteiger charge is 2.34. The van der Waals surface area contributed by atoms with E-state index in [1.165, 1.54) is 19.3 Å². The number of aliphatic hydroxyl groups is 1. The maximum absolute atomic E-state index is 8.43. The minimum Gasteiger partial charge on any atom is -0.371 e. The highest BCUT2D eigenvalue weighted by Crippen LogP contribution is 2.45. The Morgan fingerprint density at radius 2 is 2.23 bits per heavy atom. The van der Waals surface area contributed by atoms with Crippen LogP contribution in [0, 0.1) is 17.8 Å². The van der Waals surface area contributed by atoms with Crippen molar-refractivity contribution >= 4 is 0 Å². The van der Waals surface area contributed by atoms with E-state index in [-0.39, 0.29) is 6.79 Å². The van der Waals surface area contributed by atoms with Gasteiger partial charge < -0.3 is 9.84 Å². The van der Waals surface area contributed by atoms with E-state index in [1.54, 1.807) is 0 Å². The predicted molar refractivity (Wildman–Crippen MR) is 51.1 cm³/mol. The molecule has 0 aromatic carbocycles. The zero-order valence-electron chi connectivity index (χ0n) is 7.98. The zero-order valence-corrected chi connectivity index (χ0v) is 7.98. The minimum absolute atomic E-state index is 0.128. The summed E-state index contributed by atoms with van der Waals surface area (Å²) in [6, 6.07) is 0. The fourth-order valence-corrected chi connectivity index (χ4v) is 2.74. The highest BCUT2D eigenvalue weighted by molar-refractivity contribution is 5.09. The van der Waals surface area contributed by atoms with Gasteiger partial charge in [0.1, 0.15) is 6.79 Å². The predicted octanol–water partition coefficient (Wildman–Crippen LogP) is 1.95. The van der Waals surface area contributed by atoms with Crippen molar-refractivity contribution < 1.29 is 9.84 Å². The molecule has 13 heavy (non-hydrogen) atoms. The second-order valence-corrected chi connectivity index (χ2v) is 4.22. The molecule has 2 rings (SSSR count). The fourth-order valence-electron chi connectivity index (χ4n) is 2.74. The van der Waals surface area contributed by atoms with Crippen LogP contribution in [0.25, 0.3) is 0 Å². The summed E-state index contributed by atoms with van der Waals surface area (Å²) in [6.07, 6.45) is 9.93. The summed E-state index contributed by atoms with van der Waals surface area (Å²) in [5.74, 6) is 2.64. The molecular formula is C11H18O2. The van der Waals surface area contributed by atoms with Gasteiger partial charge in [0, 0.05) is 6.61 Å². The summed E-state index contributed by atoms with van der Waals surface area (Å²) < 4.78 is 4.91. The summed E-state index contributed by atoms with van der Waals surface area (Å²) in [4.78, 5) is 0. The lowest BCUT2D eigenvalue weighted by molar-refractivity contribution is -0.00405. The average molecular weight is 182 g/mol. The molecule has 2 aliphatic rings. The van der Waals surface area contributed by atoms with E-state index in [0.29, 0.717) is 6.61 Å². The highest BCUT2D eigenvalue weighted by atomic mass is 16.6. The molecule has 0 aromatic rings. The Hall–Kier alpha value is -0.340. The Labute approximate surface area is 79.6 Å². The van der Waals surface area contributed by atoms with E-state index in [9.17, 15) is 0 Å². The molecule has 0 radical (unpaired) electrons. The van der Waals surface area contributed by atoms with E-state index < -0.39 is 0 Å². The van der Waals surface area contributed by atoms with Gasteiger partial charge in [0.05, 0.1) is 0 Å². The first-order chi connectivity index (χ1) is 6.40. The van der Waals surface area contributed by atoms with Gasteiger partial charge in [0.15, 0.2) is 0 Å². The molecule has 2 bridgehead atoms. The lowest BCUT2D eigenvalue weighted by Gasteiger charge is -2.17. The van der Waals surface area contributed by atoms with Gasteiger partial charge >= 0.3 is 0 Å². The zero-order chi connectivity index (χ0) is 9.10. The molecule has 2 aliphatic carbocycles. The Bertz CT molecular complexity index is 189. The van der Waals surface area contributed by atoms with Crippen LogP contribution in [0.3, 0.4) is 0 Å². The molecule has 0 amide bonds. The molecule has 0 saturated heterocycles. The normalized spacial score (nSPS) is 35.9. The molecule has 1 fully saturated rings. The molecule has 74 valence electrons. The smallest absolute Gasteiger partial charge is 0.143 e. The Balaban J connectivity index is 1.64. The summed E-state index contributed by atoms with van der Waals surface area (Å²) >= 11 is 0. The van der Waals surface area contributed by atoms with Crippen LogP contribution in [0.1, 0.15) is 25.7 Å². The van der Waals surface area contributed by atoms with Crippen LogP contribution >= 0.6 is 0 Å². The van der Waals surface area contributed by atoms with Crippen molar-refractivity contribution in [1.82, 2.24) is 0 Å². The summed E-state index contributed by atoms with van der Waals surface area (Å²) in [6.45, 7) is 0.588. The van der Waals surface area contributed by atoms with Crippen molar-refractivity contribution in [2.24, 2.45) is 17.8 Å². The van der Waals surface area contributed by atoms with Crippen molar-refractivity contribution in [1.29, 1.82) is 0 Å². The van der Waals surface area contributed by atoms with E-state index in [1.807, 2.05) is 0 Å². The molecule has 0 spiro atoms. The van der Waals surface area contributed by atoms with Crippen LogP contribution in [0.15, 0.2) is 12.2 Å². The first-order valence-electron chi connectivity index (χ1n) is 5.27. The van der Waals surface area contributed by atoms with Crippen molar-refractivity contribution in [3.8, 4) is 0 Å². The molecule has 3 atom stereocenters. The van der Waals surface area contributed by atoms with Gasteiger partial charge in [-0.3, -0.25) is 0 Å². The maximum atomic E-state index is 8.43. The minimum atomic E-state index is -0.128. The van der Waals surface area contributed by atoms with E-state index in [2.05, 4.69) is 12.2 Å². The molecule has 2 nitrogen and oxygen atoms in total. The molecule has 3 unspecified atom stereocenters. The molecule has 2 heteroatoms. The third-order valence-electron chi connectivity index (χ3n) is 3.37. The van der Waals surface area contributed by atoms with E-state index >= 15 is 0 Å². The number of hydrogen-bond donors (Lipinski definition) is 1. The summed E-state index contributed by atoms with van der Waals surface area (Å²) in [7, 11) is 0. The molecule has 1 saturated carbocycles. The number of rotatable bonds is 5. The van der Waals surface area contributed by atoms with Crippen LogP contribution in [-0.2, 0) is 4.74 Å². The molecule has 0 aromatic heterocycles. The van der Waals surface area contributed by atoms with Gasteiger partial charge in [-0.2, -0.15) is 0 Å². The first kappa shape index (κ1) is 9.22. The van der Waals surface area contributed by atoms with Gasteiger partial charge in [-0.1, -0.05) is 12.2 Å². The molecular weight excluding hydrogens is 164 g/mol. The van der Waals surface area contributed by atoms with Crippen molar-refractivity contribution in [3.63, 3.8) is 0 Å². The SMILES string of the molecule is OCOCCCC1CC2C=CC1C2. The molecule has 0 aliphatic heterocycles. The fraction of sp³-hybridized carbons (Fsp3) is 0.818. The first-order valence-corrected chi connectivity index (χ1v) is 5.27. The van der Waals surface area contributed by atoms with Crippen LogP contribution in [-0.4, -0.2) is 18.5 Å².